The molecule has 1 rings (SSSR count). The van der Waals surface area contributed by atoms with Crippen LogP contribution in [0.4, 0.5) is 0 Å². The van der Waals surface area contributed by atoms with Crippen LogP contribution in [-0.4, -0.2) is 61.7 Å². The summed E-state index contributed by atoms with van der Waals surface area (Å²) in [4.78, 5) is 4.90. The first kappa shape index (κ1) is 13.9. The summed E-state index contributed by atoms with van der Waals surface area (Å²) in [5.74, 6) is 0.764. The van der Waals surface area contributed by atoms with Crippen molar-refractivity contribution in [3.8, 4) is 0 Å². The topological polar surface area (TPSA) is 18.5 Å². The average molecular weight is 227 g/mol. The summed E-state index contributed by atoms with van der Waals surface area (Å²) >= 11 is 0. The van der Waals surface area contributed by atoms with Crippen molar-refractivity contribution in [3.05, 3.63) is 0 Å². The molecule has 0 aromatic heterocycles. The molecule has 0 aromatic carbocycles. The van der Waals surface area contributed by atoms with E-state index in [9.17, 15) is 0 Å². The van der Waals surface area contributed by atoms with Crippen LogP contribution in [-0.2, 0) is 0 Å². The Morgan fingerprint density at radius 1 is 1.19 bits per heavy atom. The first-order chi connectivity index (χ1) is 7.40. The maximum atomic E-state index is 3.71. The van der Waals surface area contributed by atoms with Gasteiger partial charge in [-0.15, -0.1) is 0 Å². The molecule has 0 saturated carbocycles. The van der Waals surface area contributed by atoms with Crippen molar-refractivity contribution >= 4 is 0 Å². The number of hydrogen-bond acceptors (Lipinski definition) is 3. The Morgan fingerprint density at radius 3 is 2.25 bits per heavy atom. The highest BCUT2D eigenvalue weighted by molar-refractivity contribution is 4.92. The highest BCUT2D eigenvalue weighted by atomic mass is 15.2. The molecule has 3 nitrogen and oxygen atoms in total. The van der Waals surface area contributed by atoms with Crippen LogP contribution in [0.1, 0.15) is 27.7 Å². The van der Waals surface area contributed by atoms with Crippen molar-refractivity contribution in [1.82, 2.24) is 15.1 Å². The van der Waals surface area contributed by atoms with E-state index in [-0.39, 0.29) is 0 Å². The van der Waals surface area contributed by atoms with Gasteiger partial charge in [-0.1, -0.05) is 13.8 Å². The lowest BCUT2D eigenvalue weighted by Crippen LogP contribution is -2.43. The van der Waals surface area contributed by atoms with E-state index < -0.39 is 0 Å². The van der Waals surface area contributed by atoms with Crippen LogP contribution in [0.3, 0.4) is 0 Å². The van der Waals surface area contributed by atoms with Crippen LogP contribution in [0.2, 0.25) is 0 Å². The summed E-state index contributed by atoms with van der Waals surface area (Å²) in [7, 11) is 4.34. The predicted molar refractivity (Wildman–Crippen MR) is 70.8 cm³/mol. The van der Waals surface area contributed by atoms with E-state index in [1.54, 1.807) is 0 Å². The van der Waals surface area contributed by atoms with E-state index in [2.05, 4.69) is 56.9 Å². The summed E-state index contributed by atoms with van der Waals surface area (Å²) in [5.41, 5.74) is 0. The zero-order valence-corrected chi connectivity index (χ0v) is 11.8. The van der Waals surface area contributed by atoms with Gasteiger partial charge in [0.15, 0.2) is 0 Å². The van der Waals surface area contributed by atoms with E-state index in [4.69, 9.17) is 0 Å². The highest BCUT2D eigenvalue weighted by Crippen LogP contribution is 2.20. The second kappa shape index (κ2) is 5.99. The molecule has 16 heavy (non-hydrogen) atoms. The van der Waals surface area contributed by atoms with Gasteiger partial charge < -0.3 is 10.2 Å². The molecule has 0 radical (unpaired) electrons. The summed E-state index contributed by atoms with van der Waals surface area (Å²) in [6, 6.07) is 1.91. The molecule has 1 saturated heterocycles. The standard InChI is InChI=1S/C13H29N3/c1-10(2)14-13-9-16(11(3)4)8-12(13)7-15(5)6/h10-14H,7-9H2,1-6H3. The smallest absolute Gasteiger partial charge is 0.0250 e. The molecule has 1 heterocycles. The van der Waals surface area contributed by atoms with Gasteiger partial charge in [-0.3, -0.25) is 4.90 Å². The van der Waals surface area contributed by atoms with Gasteiger partial charge in [0.25, 0.3) is 0 Å². The normalized spacial score (nSPS) is 27.6. The quantitative estimate of drug-likeness (QED) is 0.763. The Morgan fingerprint density at radius 2 is 1.81 bits per heavy atom. The molecular formula is C13H29N3. The summed E-state index contributed by atoms with van der Waals surface area (Å²) in [5, 5.41) is 3.71. The van der Waals surface area contributed by atoms with Gasteiger partial charge in [-0.25, -0.2) is 0 Å². The lowest BCUT2D eigenvalue weighted by Gasteiger charge is -2.24. The van der Waals surface area contributed by atoms with Crippen LogP contribution in [0, 0.1) is 5.92 Å². The maximum Gasteiger partial charge on any atom is 0.0250 e. The maximum absolute atomic E-state index is 3.71. The minimum atomic E-state index is 0.585. The molecule has 0 spiro atoms. The number of nitrogens with zero attached hydrogens (tertiary/aromatic N) is 2. The minimum Gasteiger partial charge on any atom is -0.310 e. The van der Waals surface area contributed by atoms with Gasteiger partial charge in [-0.05, 0) is 27.9 Å². The molecule has 1 N–H and O–H groups in total. The molecule has 96 valence electrons. The Kier molecular flexibility index (Phi) is 5.22. The van der Waals surface area contributed by atoms with E-state index in [0.717, 1.165) is 5.92 Å². The third kappa shape index (κ3) is 4.04. The van der Waals surface area contributed by atoms with Crippen molar-refractivity contribution in [2.24, 2.45) is 5.92 Å². The zero-order chi connectivity index (χ0) is 12.3. The molecule has 0 bridgehead atoms. The molecular weight excluding hydrogens is 198 g/mol. The molecule has 3 heteroatoms. The van der Waals surface area contributed by atoms with Crippen LogP contribution in [0.25, 0.3) is 0 Å². The molecule has 0 aliphatic carbocycles. The van der Waals surface area contributed by atoms with Crippen molar-refractivity contribution in [3.63, 3.8) is 0 Å². The zero-order valence-electron chi connectivity index (χ0n) is 11.8. The summed E-state index contributed by atoms with van der Waals surface area (Å²) < 4.78 is 0. The third-order valence-corrected chi connectivity index (χ3v) is 3.35. The van der Waals surface area contributed by atoms with Crippen LogP contribution in [0.15, 0.2) is 0 Å². The van der Waals surface area contributed by atoms with E-state index in [0.29, 0.717) is 18.1 Å². The predicted octanol–water partition coefficient (Wildman–Crippen LogP) is 1.25. The molecule has 2 unspecified atom stereocenters. The summed E-state index contributed by atoms with van der Waals surface area (Å²) in [6.07, 6.45) is 0. The number of hydrogen-bond donors (Lipinski definition) is 1. The van der Waals surface area contributed by atoms with Gasteiger partial charge in [0.2, 0.25) is 0 Å². The fourth-order valence-electron chi connectivity index (χ4n) is 2.60. The fraction of sp³-hybridized carbons (Fsp3) is 1.00. The number of rotatable bonds is 5. The average Bonchev–Trinajstić information content (AvgIpc) is 2.46. The second-order valence-electron chi connectivity index (χ2n) is 6.00. The van der Waals surface area contributed by atoms with Crippen LogP contribution in [0.5, 0.6) is 0 Å². The van der Waals surface area contributed by atoms with Gasteiger partial charge in [0.1, 0.15) is 0 Å². The molecule has 1 aliphatic rings. The van der Waals surface area contributed by atoms with E-state index in [1.807, 2.05) is 0 Å². The van der Waals surface area contributed by atoms with Crippen LogP contribution >= 0.6 is 0 Å². The Hall–Kier alpha value is -0.120. The number of likely N-dealkylation sites (tertiary alicyclic amines) is 1. The monoisotopic (exact) mass is 227 g/mol. The van der Waals surface area contributed by atoms with E-state index in [1.165, 1.54) is 19.6 Å². The summed E-state index contributed by atoms with van der Waals surface area (Å²) in [6.45, 7) is 12.7. The lowest BCUT2D eigenvalue weighted by molar-refractivity contribution is 0.250. The first-order valence-corrected chi connectivity index (χ1v) is 6.55. The van der Waals surface area contributed by atoms with Crippen molar-refractivity contribution in [1.29, 1.82) is 0 Å². The van der Waals surface area contributed by atoms with E-state index >= 15 is 0 Å². The minimum absolute atomic E-state index is 0.585. The molecule has 1 fully saturated rings. The van der Waals surface area contributed by atoms with Gasteiger partial charge in [0, 0.05) is 43.7 Å². The van der Waals surface area contributed by atoms with Crippen LogP contribution < -0.4 is 5.32 Å². The molecule has 0 amide bonds. The lowest BCUT2D eigenvalue weighted by atomic mass is 10.0. The third-order valence-electron chi connectivity index (χ3n) is 3.35. The second-order valence-corrected chi connectivity index (χ2v) is 6.00. The molecule has 0 aromatic rings. The highest BCUT2D eigenvalue weighted by Gasteiger charge is 2.33. The first-order valence-electron chi connectivity index (χ1n) is 6.55. The van der Waals surface area contributed by atoms with Gasteiger partial charge in [0.05, 0.1) is 0 Å². The Labute approximate surface area is 101 Å². The largest absolute Gasteiger partial charge is 0.310 e. The molecule has 1 aliphatic heterocycles. The Bertz CT molecular complexity index is 183. The van der Waals surface area contributed by atoms with Crippen molar-refractivity contribution in [2.75, 3.05) is 33.7 Å². The van der Waals surface area contributed by atoms with Gasteiger partial charge in [-0.2, -0.15) is 0 Å². The number of nitrogens with one attached hydrogen (secondary N) is 1. The SMILES string of the molecule is CC(C)NC1CN(C(C)C)CC1CN(C)C. The van der Waals surface area contributed by atoms with Crippen molar-refractivity contribution < 1.29 is 0 Å². The Balaban J connectivity index is 2.56. The van der Waals surface area contributed by atoms with Crippen molar-refractivity contribution in [2.45, 2.75) is 45.8 Å². The van der Waals surface area contributed by atoms with Gasteiger partial charge >= 0.3 is 0 Å². The fourth-order valence-corrected chi connectivity index (χ4v) is 2.60. The molecule has 2 atom stereocenters.